The monoisotopic (exact) mass is 1640 g/mol. The lowest BCUT2D eigenvalue weighted by molar-refractivity contribution is 0.469. The molecule has 0 aliphatic carbocycles. The normalized spacial score (nSPS) is 13.1. The van der Waals surface area contributed by atoms with Gasteiger partial charge in [-0.25, -0.2) is 37.9 Å². The molecule has 0 radical (unpaired) electrons. The largest absolute Gasteiger partial charge is 0.508 e. The Bertz CT molecular complexity index is 7620. The third-order valence-electron chi connectivity index (χ3n) is 23.6. The molecule has 2 saturated heterocycles. The van der Waals surface area contributed by atoms with Crippen LogP contribution in [-0.4, -0.2) is 96.3 Å². The fourth-order valence-corrected chi connectivity index (χ4v) is 17.7. The first kappa shape index (κ1) is 77.6. The van der Waals surface area contributed by atoms with Crippen LogP contribution in [0.5, 0.6) is 17.2 Å². The standard InChI is InChI=1S/C27H24F2N4O.C26H23FN4O2.C23H17N3O2.C23H16N2O3/c1-15-14-30-26-23(15)24-19-8-7-18(33-9-3-2-4-10-33)13-21(19)32-27(34)25(24)22(31-26)11-16-5-6-17(28)12-20(16)29;1-14-13-28-25-21(14)22-19-6-5-17(31-7-3-2-4-8-31)12-20(19)29-26(33)23(22)24(30-25)15-9-16(27)11-18(32)10-15;1-13-12-24-22-19(13)17-11-18(14-5-3-2-4-6-14)25-23(28)20(17)21(26-22)15-7-9-16(27)10-8-15;1-13-12-24-22-19(13)17-11-18(14-5-3-2-4-6-14)28-23(27)20(17)21(25-22)15-7-9-16(26)10-8-15/h5-8,12-14H,2-4,9-11H2,1H3,(H,30,31)(H,32,34);5-6,9-13,32H,2-4,7-8H2,1H3,(H,28,30)(H,29,33);2-12,27H,1H3,(H,24,26)(H,25,28);2-12,26H,1H3,(H,24,25). The zero-order valence-electron chi connectivity index (χ0n) is 67.3. The molecule has 0 atom stereocenters. The van der Waals surface area contributed by atoms with Crippen molar-refractivity contribution in [1.82, 2.24) is 54.8 Å². The first-order valence-electron chi connectivity index (χ1n) is 40.8. The third kappa shape index (κ3) is 14.5. The predicted molar refractivity (Wildman–Crippen MR) is 482 cm³/mol. The molecule has 0 bridgehead atoms. The second-order valence-corrected chi connectivity index (χ2v) is 31.6. The first-order valence-corrected chi connectivity index (χ1v) is 40.8. The predicted octanol–water partition coefficient (Wildman–Crippen LogP) is 20.9. The van der Waals surface area contributed by atoms with Crippen molar-refractivity contribution in [2.45, 2.75) is 72.6 Å². The fraction of sp³-hybridized carbons (Fsp3) is 0.152. The summed E-state index contributed by atoms with van der Waals surface area (Å²) in [6.07, 6.45) is 14.8. The van der Waals surface area contributed by atoms with Crippen LogP contribution < -0.4 is 32.1 Å². The highest BCUT2D eigenvalue weighted by Crippen LogP contribution is 2.42. The van der Waals surface area contributed by atoms with Crippen LogP contribution >= 0.6 is 0 Å². The van der Waals surface area contributed by atoms with Gasteiger partial charge in [0.1, 0.15) is 63.0 Å². The van der Waals surface area contributed by atoms with E-state index >= 15 is 0 Å². The van der Waals surface area contributed by atoms with Gasteiger partial charge >= 0.3 is 5.63 Å². The summed E-state index contributed by atoms with van der Waals surface area (Å²) in [6, 6.07) is 56.3. The number of aromatic nitrogens is 11. The second kappa shape index (κ2) is 31.8. The summed E-state index contributed by atoms with van der Waals surface area (Å²) in [5.41, 5.74) is 15.9. The Morgan fingerprint density at radius 3 is 1.36 bits per heavy atom. The van der Waals surface area contributed by atoms with Gasteiger partial charge in [-0.05, 0) is 203 Å². The summed E-state index contributed by atoms with van der Waals surface area (Å²) >= 11 is 0. The van der Waals surface area contributed by atoms with E-state index in [9.17, 15) is 47.7 Å². The van der Waals surface area contributed by atoms with Crippen molar-refractivity contribution >= 4 is 120 Å². The zero-order chi connectivity index (χ0) is 84.6. The number of aromatic hydroxyl groups is 3. The molecule has 2 aliphatic rings. The molecular weight excluding hydrogens is 1560 g/mol. The molecule has 20 aromatic rings. The van der Waals surface area contributed by atoms with E-state index in [0.717, 1.165) is 170 Å². The maximum Gasteiger partial charge on any atom is 0.346 e. The average molecular weight is 1640 g/mol. The Balaban J connectivity index is 0.000000108. The lowest BCUT2D eigenvalue weighted by Gasteiger charge is -2.29. The molecule has 21 nitrogen and oxygen atoms in total. The van der Waals surface area contributed by atoms with Crippen molar-refractivity contribution in [1.29, 1.82) is 0 Å². The average Bonchev–Trinajstić information content (AvgIpc) is 1.70. The van der Waals surface area contributed by atoms with Crippen LogP contribution in [-0.2, 0) is 6.42 Å². The van der Waals surface area contributed by atoms with Gasteiger partial charge in [0, 0.05) is 163 Å². The van der Waals surface area contributed by atoms with E-state index in [0.29, 0.717) is 72.6 Å². The van der Waals surface area contributed by atoms with E-state index in [4.69, 9.17) is 19.4 Å². The maximum absolute atomic E-state index is 14.5. The van der Waals surface area contributed by atoms with Crippen LogP contribution in [0, 0.1) is 45.1 Å². The second-order valence-electron chi connectivity index (χ2n) is 31.6. The number of anilines is 2. The Labute approximate surface area is 697 Å². The topological polar surface area (TPSA) is 311 Å². The van der Waals surface area contributed by atoms with E-state index in [-0.39, 0.29) is 45.9 Å². The quantitative estimate of drug-likeness (QED) is 0.0601. The van der Waals surface area contributed by atoms with Gasteiger partial charge in [0.25, 0.3) is 16.7 Å². The summed E-state index contributed by atoms with van der Waals surface area (Å²) in [5, 5.41) is 39.7. The Morgan fingerprint density at radius 1 is 0.366 bits per heavy atom. The lowest BCUT2D eigenvalue weighted by atomic mass is 9.98. The molecule has 12 aromatic heterocycles. The van der Waals surface area contributed by atoms with Crippen LogP contribution in [0.1, 0.15) is 72.0 Å². The molecular formula is C99H80F3N13O8. The number of aromatic amines is 7. The van der Waals surface area contributed by atoms with E-state index in [1.54, 1.807) is 48.5 Å². The number of aryl methyl sites for hydroxylation is 4. The Kier molecular flexibility index (Phi) is 20.0. The number of hydrogen-bond donors (Lipinski definition) is 10. The van der Waals surface area contributed by atoms with Crippen molar-refractivity contribution < 1.29 is 32.9 Å². The van der Waals surface area contributed by atoms with Crippen LogP contribution in [0.4, 0.5) is 24.5 Å². The maximum atomic E-state index is 14.5. The van der Waals surface area contributed by atoms with Crippen LogP contribution in [0.2, 0.25) is 0 Å². The SMILES string of the molecule is Cc1c[nH]c2nc(-c3cc(O)cc(F)c3)c3c(=O)[nH]c4cc(N5CCCCC5)ccc4c3c12.Cc1c[nH]c2nc(-c3ccc(O)cc3)c3c(=O)[nH]c(-c4ccccc4)cc3c12.Cc1c[nH]c2nc(-c3ccc(O)cc3)c3c(=O)oc(-c4ccccc4)cc3c12.Cc1c[nH]c2nc(Cc3ccc(F)cc3F)c3c(=O)[nH]c4cc(N5CCCCC5)ccc4c3c12. The van der Waals surface area contributed by atoms with Crippen LogP contribution in [0.3, 0.4) is 0 Å². The first-order chi connectivity index (χ1) is 59.7. The molecule has 610 valence electrons. The lowest BCUT2D eigenvalue weighted by Crippen LogP contribution is -2.29. The molecule has 10 N–H and O–H groups in total. The zero-order valence-corrected chi connectivity index (χ0v) is 67.3. The summed E-state index contributed by atoms with van der Waals surface area (Å²) in [4.78, 5) is 98.5. The number of phenolic OH excluding ortho intramolecular Hbond substituents is 3. The van der Waals surface area contributed by atoms with E-state index < -0.39 is 23.1 Å². The summed E-state index contributed by atoms with van der Waals surface area (Å²) < 4.78 is 47.7. The molecule has 22 rings (SSSR count). The Hall–Kier alpha value is -15.3. The van der Waals surface area contributed by atoms with Gasteiger partial charge < -0.3 is 64.4 Å². The minimum atomic E-state index is -0.652. The molecule has 123 heavy (non-hydrogen) atoms. The molecule has 0 saturated carbocycles. The number of phenols is 3. The molecule has 2 fully saturated rings. The number of halogens is 3. The number of H-pyrrole nitrogens is 7. The van der Waals surface area contributed by atoms with Gasteiger partial charge in [-0.1, -0.05) is 78.9 Å². The molecule has 2 aliphatic heterocycles. The minimum Gasteiger partial charge on any atom is -0.508 e. The number of rotatable bonds is 9. The molecule has 0 amide bonds. The number of pyridine rings is 7. The van der Waals surface area contributed by atoms with Gasteiger partial charge in [-0.2, -0.15) is 0 Å². The van der Waals surface area contributed by atoms with Crippen molar-refractivity contribution in [2.24, 2.45) is 0 Å². The van der Waals surface area contributed by atoms with E-state index in [2.05, 4.69) is 80.0 Å². The van der Waals surface area contributed by atoms with Crippen molar-refractivity contribution in [2.75, 3.05) is 36.0 Å². The molecule has 0 spiro atoms. The van der Waals surface area contributed by atoms with Crippen molar-refractivity contribution in [3.05, 3.63) is 311 Å². The number of fused-ring (bicyclic) bond motifs is 16. The number of hydrogen-bond acceptors (Lipinski definition) is 14. The van der Waals surface area contributed by atoms with Gasteiger partial charge in [0.05, 0.1) is 55.4 Å². The number of nitrogens with one attached hydrogen (secondary N) is 7. The number of benzene rings is 8. The van der Waals surface area contributed by atoms with Crippen molar-refractivity contribution in [3.8, 4) is 73.6 Å². The minimum absolute atomic E-state index is 0.0804. The van der Waals surface area contributed by atoms with E-state index in [1.165, 1.54) is 62.8 Å². The van der Waals surface area contributed by atoms with Crippen LogP contribution in [0.15, 0.2) is 243 Å². The highest BCUT2D eigenvalue weighted by molar-refractivity contribution is 6.23. The molecule has 14 heterocycles. The van der Waals surface area contributed by atoms with Crippen LogP contribution in [0.25, 0.3) is 165 Å². The summed E-state index contributed by atoms with van der Waals surface area (Å²) in [7, 11) is 0. The van der Waals surface area contributed by atoms with Crippen molar-refractivity contribution in [3.63, 3.8) is 0 Å². The van der Waals surface area contributed by atoms with Gasteiger partial charge in [-0.3, -0.25) is 14.4 Å². The highest BCUT2D eigenvalue weighted by atomic mass is 19.1. The fourth-order valence-electron chi connectivity index (χ4n) is 17.7. The third-order valence-corrected chi connectivity index (χ3v) is 23.6. The van der Waals surface area contributed by atoms with Gasteiger partial charge in [-0.15, -0.1) is 0 Å². The number of nitrogens with zero attached hydrogens (tertiary/aromatic N) is 6. The molecule has 8 aromatic carbocycles. The van der Waals surface area contributed by atoms with E-state index in [1.807, 2.05) is 131 Å². The smallest absolute Gasteiger partial charge is 0.346 e. The number of piperidine rings is 2. The summed E-state index contributed by atoms with van der Waals surface area (Å²) in [6.45, 7) is 12.0. The Morgan fingerprint density at radius 2 is 0.829 bits per heavy atom. The van der Waals surface area contributed by atoms with Gasteiger partial charge in [0.15, 0.2) is 0 Å². The summed E-state index contributed by atoms with van der Waals surface area (Å²) in [5.74, 6) is -1.25. The molecule has 24 heteroatoms. The molecule has 0 unspecified atom stereocenters. The van der Waals surface area contributed by atoms with Gasteiger partial charge in [0.2, 0.25) is 0 Å². The highest BCUT2D eigenvalue weighted by Gasteiger charge is 2.26.